The maximum absolute atomic E-state index is 6.27. The second-order valence-electron chi connectivity index (χ2n) is 5.08. The average molecular weight is 292 g/mol. The van der Waals surface area contributed by atoms with Crippen LogP contribution in [-0.2, 0) is 0 Å². The van der Waals surface area contributed by atoms with Crippen molar-refractivity contribution in [2.75, 3.05) is 7.05 Å². The van der Waals surface area contributed by atoms with E-state index in [9.17, 15) is 0 Å². The number of thiophene rings is 1. The zero-order chi connectivity index (χ0) is 12.4. The van der Waals surface area contributed by atoms with Gasteiger partial charge in [0, 0.05) is 11.6 Å². The number of rotatable bonds is 3. The lowest BCUT2D eigenvalue weighted by molar-refractivity contribution is 0.230. The molecule has 0 aliphatic heterocycles. The van der Waals surface area contributed by atoms with Gasteiger partial charge >= 0.3 is 0 Å². The fraction of sp³-hybridized carbons (Fsp3) is 0.692. The van der Waals surface area contributed by atoms with E-state index in [2.05, 4.69) is 12.2 Å². The third-order valence-corrected chi connectivity index (χ3v) is 5.30. The maximum Gasteiger partial charge on any atom is 0.0992 e. The molecule has 2 rings (SSSR count). The van der Waals surface area contributed by atoms with Crippen molar-refractivity contribution in [3.8, 4) is 0 Å². The second-order valence-corrected chi connectivity index (χ2v) is 7.36. The van der Waals surface area contributed by atoms with Crippen molar-refractivity contribution >= 4 is 34.5 Å². The Bertz CT molecular complexity index is 377. The molecule has 96 valence electrons. The van der Waals surface area contributed by atoms with Crippen LogP contribution in [0.3, 0.4) is 0 Å². The summed E-state index contributed by atoms with van der Waals surface area (Å²) >= 11 is 13.8. The van der Waals surface area contributed by atoms with Gasteiger partial charge in [-0.1, -0.05) is 43.0 Å². The maximum atomic E-state index is 6.27. The van der Waals surface area contributed by atoms with Gasteiger partial charge in [-0.25, -0.2) is 0 Å². The predicted molar refractivity (Wildman–Crippen MR) is 77.3 cm³/mol. The molecule has 0 bridgehead atoms. The molecule has 1 aromatic heterocycles. The van der Waals surface area contributed by atoms with Crippen LogP contribution in [0.25, 0.3) is 0 Å². The van der Waals surface area contributed by atoms with Gasteiger partial charge < -0.3 is 5.32 Å². The Kier molecular flexibility index (Phi) is 4.76. The minimum absolute atomic E-state index is 0.356. The third kappa shape index (κ3) is 3.17. The molecule has 4 heteroatoms. The Morgan fingerprint density at radius 2 is 2.18 bits per heavy atom. The molecule has 1 aliphatic rings. The Balaban J connectivity index is 2.18. The zero-order valence-electron chi connectivity index (χ0n) is 10.3. The molecule has 0 aromatic carbocycles. The lowest BCUT2D eigenvalue weighted by Gasteiger charge is -2.33. The highest BCUT2D eigenvalue weighted by molar-refractivity contribution is 7.20. The van der Waals surface area contributed by atoms with E-state index in [1.54, 1.807) is 0 Å². The Morgan fingerprint density at radius 1 is 1.41 bits per heavy atom. The fourth-order valence-corrected chi connectivity index (χ4v) is 4.54. The topological polar surface area (TPSA) is 12.0 Å². The first-order valence-corrected chi connectivity index (χ1v) is 7.81. The highest BCUT2D eigenvalue weighted by Crippen LogP contribution is 2.42. The van der Waals surface area contributed by atoms with E-state index >= 15 is 0 Å². The van der Waals surface area contributed by atoms with Gasteiger partial charge in [-0.05, 0) is 37.8 Å². The van der Waals surface area contributed by atoms with E-state index in [0.717, 1.165) is 14.6 Å². The standard InChI is InChI=1S/C13H19Cl2NS/c1-8-4-3-5-9(6-8)12(16-2)10-7-11(14)17-13(10)15/h7-9,12,16H,3-6H2,1-2H3. The first-order valence-electron chi connectivity index (χ1n) is 6.23. The lowest BCUT2D eigenvalue weighted by atomic mass is 9.77. The molecule has 1 aromatic rings. The van der Waals surface area contributed by atoms with Gasteiger partial charge in [0.05, 0.1) is 8.67 Å². The summed E-state index contributed by atoms with van der Waals surface area (Å²) in [7, 11) is 2.02. The summed E-state index contributed by atoms with van der Waals surface area (Å²) in [5, 5.41) is 3.43. The van der Waals surface area contributed by atoms with Gasteiger partial charge in [0.2, 0.25) is 0 Å². The molecule has 0 amide bonds. The van der Waals surface area contributed by atoms with Crippen LogP contribution in [0, 0.1) is 11.8 Å². The molecule has 1 saturated carbocycles. The molecule has 1 fully saturated rings. The smallest absolute Gasteiger partial charge is 0.0992 e. The third-order valence-electron chi connectivity index (χ3n) is 3.78. The average Bonchev–Trinajstić information content (AvgIpc) is 2.59. The van der Waals surface area contributed by atoms with Crippen molar-refractivity contribution in [3.05, 3.63) is 20.3 Å². The molecule has 0 spiro atoms. The van der Waals surface area contributed by atoms with Crippen molar-refractivity contribution in [1.29, 1.82) is 0 Å². The van der Waals surface area contributed by atoms with Crippen molar-refractivity contribution in [3.63, 3.8) is 0 Å². The van der Waals surface area contributed by atoms with Gasteiger partial charge in [0.25, 0.3) is 0 Å². The van der Waals surface area contributed by atoms with Crippen LogP contribution in [-0.4, -0.2) is 7.05 Å². The SMILES string of the molecule is CNC(c1cc(Cl)sc1Cl)C1CCCC(C)C1. The Hall–Kier alpha value is 0.240. The molecule has 0 saturated heterocycles. The van der Waals surface area contributed by atoms with Gasteiger partial charge in [-0.2, -0.15) is 0 Å². The van der Waals surface area contributed by atoms with Gasteiger partial charge in [0.15, 0.2) is 0 Å². The van der Waals surface area contributed by atoms with Crippen LogP contribution in [0.15, 0.2) is 6.07 Å². The van der Waals surface area contributed by atoms with Crippen molar-refractivity contribution in [2.45, 2.75) is 38.6 Å². The van der Waals surface area contributed by atoms with E-state index in [0.29, 0.717) is 12.0 Å². The highest BCUT2D eigenvalue weighted by atomic mass is 35.5. The van der Waals surface area contributed by atoms with Crippen LogP contribution in [0.5, 0.6) is 0 Å². The lowest BCUT2D eigenvalue weighted by Crippen LogP contribution is -2.28. The molecule has 3 atom stereocenters. The van der Waals surface area contributed by atoms with E-state index in [4.69, 9.17) is 23.2 Å². The van der Waals surface area contributed by atoms with Crippen molar-refractivity contribution in [2.24, 2.45) is 11.8 Å². The molecule has 0 radical (unpaired) electrons. The summed E-state index contributed by atoms with van der Waals surface area (Å²) in [4.78, 5) is 0. The van der Waals surface area contributed by atoms with Crippen molar-refractivity contribution in [1.82, 2.24) is 5.32 Å². The van der Waals surface area contributed by atoms with E-state index in [1.165, 1.54) is 42.6 Å². The number of nitrogens with one attached hydrogen (secondary N) is 1. The first-order chi connectivity index (χ1) is 8.11. The normalized spacial score (nSPS) is 27.1. The highest BCUT2D eigenvalue weighted by Gasteiger charge is 2.28. The predicted octanol–water partition coefficient (Wildman–Crippen LogP) is 5.14. The van der Waals surface area contributed by atoms with Gasteiger partial charge in [-0.15, -0.1) is 11.3 Å². The number of hydrogen-bond acceptors (Lipinski definition) is 2. The minimum atomic E-state index is 0.356. The van der Waals surface area contributed by atoms with Gasteiger partial charge in [0.1, 0.15) is 0 Å². The van der Waals surface area contributed by atoms with Gasteiger partial charge in [-0.3, -0.25) is 0 Å². The Morgan fingerprint density at radius 3 is 2.71 bits per heavy atom. The molecular formula is C13H19Cl2NS. The van der Waals surface area contributed by atoms with Crippen LogP contribution < -0.4 is 5.32 Å². The van der Waals surface area contributed by atoms with Crippen molar-refractivity contribution < 1.29 is 0 Å². The van der Waals surface area contributed by atoms with E-state index in [-0.39, 0.29) is 0 Å². The summed E-state index contributed by atoms with van der Waals surface area (Å²) in [5.41, 5.74) is 1.18. The monoisotopic (exact) mass is 291 g/mol. The summed E-state index contributed by atoms with van der Waals surface area (Å²) in [6, 6.07) is 2.38. The molecule has 3 unspecified atom stereocenters. The summed E-state index contributed by atoms with van der Waals surface area (Å²) in [6.45, 7) is 2.35. The molecule has 1 nitrogen and oxygen atoms in total. The van der Waals surface area contributed by atoms with Crippen LogP contribution in [0.1, 0.15) is 44.2 Å². The summed E-state index contributed by atoms with van der Waals surface area (Å²) in [6.07, 6.45) is 5.28. The quantitative estimate of drug-likeness (QED) is 0.813. The molecule has 1 heterocycles. The van der Waals surface area contributed by atoms with Crippen LogP contribution in [0.4, 0.5) is 0 Å². The molecule has 1 N–H and O–H groups in total. The van der Waals surface area contributed by atoms with E-state index in [1.807, 2.05) is 13.1 Å². The molecule has 1 aliphatic carbocycles. The summed E-state index contributed by atoms with van der Waals surface area (Å²) in [5.74, 6) is 1.52. The largest absolute Gasteiger partial charge is 0.313 e. The fourth-order valence-electron chi connectivity index (χ4n) is 2.99. The minimum Gasteiger partial charge on any atom is -0.313 e. The first kappa shape index (κ1) is 13.7. The number of hydrogen-bond donors (Lipinski definition) is 1. The molecular weight excluding hydrogens is 273 g/mol. The second kappa shape index (κ2) is 5.92. The van der Waals surface area contributed by atoms with Crippen LogP contribution >= 0.6 is 34.5 Å². The van der Waals surface area contributed by atoms with E-state index < -0.39 is 0 Å². The van der Waals surface area contributed by atoms with Crippen LogP contribution in [0.2, 0.25) is 8.67 Å². The zero-order valence-corrected chi connectivity index (χ0v) is 12.6. The molecule has 17 heavy (non-hydrogen) atoms. The Labute approximate surface area is 118 Å². The number of halogens is 2. The summed E-state index contributed by atoms with van der Waals surface area (Å²) < 4.78 is 1.63.